The quantitative estimate of drug-likeness (QED) is 0.935. The Bertz CT molecular complexity index is 627. The average Bonchev–Trinajstić information content (AvgIpc) is 2.41. The summed E-state index contributed by atoms with van der Waals surface area (Å²) in [6, 6.07) is 3.44. The molecule has 0 aliphatic carbocycles. The molecule has 19 heavy (non-hydrogen) atoms. The van der Waals surface area contributed by atoms with Gasteiger partial charge in [-0.2, -0.15) is 0 Å². The number of hydrogen-bond acceptors (Lipinski definition) is 4. The first-order valence-corrected chi connectivity index (χ1v) is 6.01. The number of hydrogen-bond donors (Lipinski definition) is 1. The molecule has 4 nitrogen and oxygen atoms in total. The number of rotatable bonds is 3. The zero-order valence-corrected chi connectivity index (χ0v) is 11.3. The minimum atomic E-state index is 0.0469. The van der Waals surface area contributed by atoms with Gasteiger partial charge < -0.3 is 9.84 Å². The van der Waals surface area contributed by atoms with E-state index in [4.69, 9.17) is 16.3 Å². The second kappa shape index (κ2) is 5.71. The van der Waals surface area contributed by atoms with Crippen LogP contribution in [0, 0.1) is 6.92 Å². The smallest absolute Gasteiger partial charge is 0.213 e. The first-order valence-electron chi connectivity index (χ1n) is 5.63. The largest absolute Gasteiger partial charge is 0.506 e. The Hall–Kier alpha value is -2.07. The zero-order chi connectivity index (χ0) is 13.8. The number of methoxy groups -OCH3 is 1. The van der Waals surface area contributed by atoms with Crippen LogP contribution in [0.25, 0.3) is 11.1 Å². The second-order valence-corrected chi connectivity index (χ2v) is 4.38. The van der Waals surface area contributed by atoms with Crippen LogP contribution in [-0.2, 0) is 0 Å². The highest BCUT2D eigenvalue weighted by Crippen LogP contribution is 2.29. The molecule has 0 radical (unpaired) electrons. The summed E-state index contributed by atoms with van der Waals surface area (Å²) < 4.78 is 5.02. The molecule has 0 fully saturated rings. The molecule has 5 heteroatoms. The summed E-state index contributed by atoms with van der Waals surface area (Å²) >= 11 is 6.27. The second-order valence-electron chi connectivity index (χ2n) is 3.97. The van der Waals surface area contributed by atoms with Crippen molar-refractivity contribution in [3.63, 3.8) is 0 Å². The van der Waals surface area contributed by atoms with Crippen LogP contribution in [0.2, 0.25) is 0 Å². The molecule has 0 unspecified atom stereocenters. The van der Waals surface area contributed by atoms with Crippen molar-refractivity contribution in [3.05, 3.63) is 47.4 Å². The fourth-order valence-electron chi connectivity index (χ4n) is 1.63. The van der Waals surface area contributed by atoms with Crippen molar-refractivity contribution in [1.29, 1.82) is 0 Å². The Morgan fingerprint density at radius 1 is 1.42 bits per heavy atom. The predicted molar refractivity (Wildman–Crippen MR) is 75.2 cm³/mol. The molecule has 2 aromatic rings. The Morgan fingerprint density at radius 2 is 2.21 bits per heavy atom. The molecule has 2 heterocycles. The van der Waals surface area contributed by atoms with E-state index in [0.29, 0.717) is 16.5 Å². The Labute approximate surface area is 116 Å². The van der Waals surface area contributed by atoms with Crippen molar-refractivity contribution in [1.82, 2.24) is 9.97 Å². The highest BCUT2D eigenvalue weighted by molar-refractivity contribution is 6.51. The van der Waals surface area contributed by atoms with Crippen LogP contribution in [0.3, 0.4) is 0 Å². The molecule has 0 saturated heterocycles. The molecule has 0 aliphatic heterocycles. The monoisotopic (exact) mass is 276 g/mol. The van der Waals surface area contributed by atoms with Gasteiger partial charge >= 0.3 is 0 Å². The first-order chi connectivity index (χ1) is 9.11. The van der Waals surface area contributed by atoms with Crippen LogP contribution < -0.4 is 4.74 Å². The summed E-state index contributed by atoms with van der Waals surface area (Å²) in [7, 11) is 1.52. The summed E-state index contributed by atoms with van der Waals surface area (Å²) in [6.07, 6.45) is 6.40. The summed E-state index contributed by atoms with van der Waals surface area (Å²) in [5.41, 5.74) is 2.38. The Balaban J connectivity index is 2.43. The van der Waals surface area contributed by atoms with Gasteiger partial charge in [0.1, 0.15) is 5.75 Å². The van der Waals surface area contributed by atoms with Gasteiger partial charge in [0.05, 0.1) is 13.3 Å². The van der Waals surface area contributed by atoms with E-state index in [0.717, 1.165) is 11.1 Å². The van der Waals surface area contributed by atoms with Crippen molar-refractivity contribution in [2.75, 3.05) is 7.11 Å². The third-order valence-electron chi connectivity index (χ3n) is 2.66. The van der Waals surface area contributed by atoms with Gasteiger partial charge in [-0.05, 0) is 30.2 Å². The van der Waals surface area contributed by atoms with E-state index in [9.17, 15) is 5.11 Å². The standard InChI is InChI=1S/C14H13ClN2O2/c1-9-7-16-4-3-11(9)12(15)5-10-6-14(19-2)17-8-13(10)18/h3-8,18H,1-2H3/b12-5-. The molecule has 0 bridgehead atoms. The molecule has 98 valence electrons. The van der Waals surface area contributed by atoms with E-state index >= 15 is 0 Å². The van der Waals surface area contributed by atoms with Crippen LogP contribution in [0.15, 0.2) is 30.7 Å². The SMILES string of the molecule is COc1cc(/C=C(\Cl)c2ccncc2C)c(O)cn1. The molecular formula is C14H13ClN2O2. The van der Waals surface area contributed by atoms with Gasteiger partial charge in [-0.25, -0.2) is 4.98 Å². The Kier molecular flexibility index (Phi) is 4.02. The minimum absolute atomic E-state index is 0.0469. The van der Waals surface area contributed by atoms with E-state index in [-0.39, 0.29) is 5.75 Å². The fraction of sp³-hybridized carbons (Fsp3) is 0.143. The van der Waals surface area contributed by atoms with Gasteiger partial charge in [0.25, 0.3) is 0 Å². The highest BCUT2D eigenvalue weighted by atomic mass is 35.5. The average molecular weight is 277 g/mol. The van der Waals surface area contributed by atoms with Crippen molar-refractivity contribution in [3.8, 4) is 11.6 Å². The third-order valence-corrected chi connectivity index (χ3v) is 2.97. The summed E-state index contributed by atoms with van der Waals surface area (Å²) in [5, 5.41) is 10.3. The van der Waals surface area contributed by atoms with Crippen LogP contribution >= 0.6 is 11.6 Å². The number of aromatic nitrogens is 2. The maximum absolute atomic E-state index is 9.76. The molecule has 2 aromatic heterocycles. The number of aryl methyl sites for hydroxylation is 1. The molecule has 0 saturated carbocycles. The van der Waals surface area contributed by atoms with E-state index in [1.165, 1.54) is 13.3 Å². The Morgan fingerprint density at radius 3 is 2.89 bits per heavy atom. The van der Waals surface area contributed by atoms with Crippen molar-refractivity contribution < 1.29 is 9.84 Å². The van der Waals surface area contributed by atoms with Crippen LogP contribution in [0.4, 0.5) is 0 Å². The van der Waals surface area contributed by atoms with Crippen LogP contribution in [0.1, 0.15) is 16.7 Å². The van der Waals surface area contributed by atoms with Gasteiger partial charge in [-0.15, -0.1) is 0 Å². The number of aromatic hydroxyl groups is 1. The normalized spacial score (nSPS) is 11.4. The van der Waals surface area contributed by atoms with E-state index in [2.05, 4.69) is 9.97 Å². The lowest BCUT2D eigenvalue weighted by Gasteiger charge is -2.05. The molecule has 0 aliphatic rings. The van der Waals surface area contributed by atoms with Crippen LogP contribution in [0.5, 0.6) is 11.6 Å². The lowest BCUT2D eigenvalue weighted by Crippen LogP contribution is -1.89. The highest BCUT2D eigenvalue weighted by Gasteiger charge is 2.06. The minimum Gasteiger partial charge on any atom is -0.506 e. The summed E-state index contributed by atoms with van der Waals surface area (Å²) in [4.78, 5) is 7.91. The first kappa shape index (κ1) is 13.4. The predicted octanol–water partition coefficient (Wildman–Crippen LogP) is 3.24. The molecule has 0 spiro atoms. The van der Waals surface area contributed by atoms with Gasteiger partial charge in [-0.1, -0.05) is 11.6 Å². The zero-order valence-electron chi connectivity index (χ0n) is 10.6. The molecule has 0 aromatic carbocycles. The van der Waals surface area contributed by atoms with Gasteiger partial charge in [-0.3, -0.25) is 4.98 Å². The number of halogens is 1. The summed E-state index contributed by atoms with van der Waals surface area (Å²) in [6.45, 7) is 1.92. The maximum Gasteiger partial charge on any atom is 0.213 e. The van der Waals surface area contributed by atoms with Crippen molar-refractivity contribution in [2.24, 2.45) is 0 Å². The molecule has 0 amide bonds. The molecule has 2 rings (SSSR count). The third kappa shape index (κ3) is 3.03. The van der Waals surface area contributed by atoms with Gasteiger partial charge in [0.2, 0.25) is 5.88 Å². The van der Waals surface area contributed by atoms with E-state index in [1.54, 1.807) is 24.5 Å². The lowest BCUT2D eigenvalue weighted by atomic mass is 10.1. The number of nitrogens with zero attached hydrogens (tertiary/aromatic N) is 2. The molecule has 1 N–H and O–H groups in total. The van der Waals surface area contributed by atoms with Gasteiger partial charge in [0.15, 0.2) is 0 Å². The topological polar surface area (TPSA) is 55.2 Å². The van der Waals surface area contributed by atoms with Gasteiger partial charge in [0, 0.05) is 29.1 Å². The number of pyridine rings is 2. The van der Waals surface area contributed by atoms with E-state index in [1.807, 2.05) is 13.0 Å². The maximum atomic E-state index is 9.76. The van der Waals surface area contributed by atoms with Crippen LogP contribution in [-0.4, -0.2) is 22.2 Å². The molecular weight excluding hydrogens is 264 g/mol. The van der Waals surface area contributed by atoms with Crippen molar-refractivity contribution >= 4 is 22.7 Å². The lowest BCUT2D eigenvalue weighted by molar-refractivity contribution is 0.393. The number of ether oxygens (including phenoxy) is 1. The van der Waals surface area contributed by atoms with E-state index < -0.39 is 0 Å². The fourth-order valence-corrected chi connectivity index (χ4v) is 1.96. The molecule has 0 atom stereocenters. The summed E-state index contributed by atoms with van der Waals surface area (Å²) in [5.74, 6) is 0.464. The van der Waals surface area contributed by atoms with Crippen molar-refractivity contribution in [2.45, 2.75) is 6.92 Å².